The maximum Gasteiger partial charge on any atom is 0.134 e. The molecule has 0 bridgehead atoms. The molecule has 3 rings (SSSR count). The molecule has 0 atom stereocenters. The lowest BCUT2D eigenvalue weighted by Crippen LogP contribution is -1.96. The summed E-state index contributed by atoms with van der Waals surface area (Å²) in [7, 11) is 1.64. The first kappa shape index (κ1) is 13.2. The van der Waals surface area contributed by atoms with Gasteiger partial charge in [0.15, 0.2) is 0 Å². The molecule has 106 valence electrons. The molecule has 0 saturated carbocycles. The molecule has 3 aromatic rings. The van der Waals surface area contributed by atoms with E-state index in [1.165, 1.54) is 0 Å². The molecule has 0 aliphatic carbocycles. The van der Waals surface area contributed by atoms with E-state index in [0.717, 1.165) is 22.9 Å². The van der Waals surface area contributed by atoms with Crippen LogP contribution in [-0.2, 0) is 6.61 Å². The third-order valence-electron chi connectivity index (χ3n) is 3.01. The minimum absolute atomic E-state index is 0.374. The zero-order chi connectivity index (χ0) is 14.5. The summed E-state index contributed by atoms with van der Waals surface area (Å²) >= 11 is 0. The quantitative estimate of drug-likeness (QED) is 0.721. The smallest absolute Gasteiger partial charge is 0.134 e. The molecule has 0 unspecified atom stereocenters. The molecule has 0 amide bonds. The van der Waals surface area contributed by atoms with Crippen LogP contribution in [-0.4, -0.2) is 22.1 Å². The van der Waals surface area contributed by atoms with Crippen molar-refractivity contribution in [3.63, 3.8) is 0 Å². The Balaban J connectivity index is 1.64. The topological polar surface area (TPSA) is 49.2 Å². The molecule has 21 heavy (non-hydrogen) atoms. The predicted octanol–water partition coefficient (Wildman–Crippen LogP) is 2.85. The van der Waals surface area contributed by atoms with Gasteiger partial charge in [-0.1, -0.05) is 23.4 Å². The minimum Gasteiger partial charge on any atom is -0.497 e. The average molecular weight is 281 g/mol. The number of ether oxygens (including phenoxy) is 2. The van der Waals surface area contributed by atoms with Gasteiger partial charge >= 0.3 is 0 Å². The summed E-state index contributed by atoms with van der Waals surface area (Å²) in [5.41, 5.74) is 1.75. The van der Waals surface area contributed by atoms with Crippen LogP contribution in [0.25, 0.3) is 5.69 Å². The third-order valence-corrected chi connectivity index (χ3v) is 3.01. The highest BCUT2D eigenvalue weighted by molar-refractivity contribution is 5.32. The monoisotopic (exact) mass is 281 g/mol. The Labute approximate surface area is 122 Å². The number of hydrogen-bond donors (Lipinski definition) is 0. The Morgan fingerprint density at radius 2 is 1.67 bits per heavy atom. The van der Waals surface area contributed by atoms with Gasteiger partial charge in [-0.2, -0.15) is 0 Å². The highest BCUT2D eigenvalue weighted by Crippen LogP contribution is 2.18. The van der Waals surface area contributed by atoms with Gasteiger partial charge in [0.05, 0.1) is 19.0 Å². The zero-order valence-corrected chi connectivity index (χ0v) is 11.6. The Bertz CT molecular complexity index is 693. The number of hydrogen-bond acceptors (Lipinski definition) is 4. The normalized spacial score (nSPS) is 10.3. The van der Waals surface area contributed by atoms with Gasteiger partial charge in [-0.05, 0) is 36.4 Å². The molecule has 0 aliphatic heterocycles. The van der Waals surface area contributed by atoms with Gasteiger partial charge in [0.25, 0.3) is 0 Å². The van der Waals surface area contributed by atoms with Crippen LogP contribution in [0.5, 0.6) is 11.5 Å². The van der Waals surface area contributed by atoms with Crippen LogP contribution < -0.4 is 9.47 Å². The van der Waals surface area contributed by atoms with Crippen LogP contribution in [0.3, 0.4) is 0 Å². The summed E-state index contributed by atoms with van der Waals surface area (Å²) in [4.78, 5) is 0. The maximum absolute atomic E-state index is 5.67. The van der Waals surface area contributed by atoms with Crippen LogP contribution in [0, 0.1) is 0 Å². The summed E-state index contributed by atoms with van der Waals surface area (Å²) < 4.78 is 12.5. The van der Waals surface area contributed by atoms with Gasteiger partial charge in [0.1, 0.15) is 23.8 Å². The van der Waals surface area contributed by atoms with Crippen LogP contribution in [0.1, 0.15) is 5.69 Å². The molecule has 5 heteroatoms. The number of rotatable bonds is 5. The van der Waals surface area contributed by atoms with Crippen molar-refractivity contribution in [2.75, 3.05) is 7.11 Å². The van der Waals surface area contributed by atoms with E-state index in [1.54, 1.807) is 11.8 Å². The van der Waals surface area contributed by atoms with E-state index in [1.807, 2.05) is 60.8 Å². The summed E-state index contributed by atoms with van der Waals surface area (Å²) in [6.07, 6.45) is 1.86. The summed E-state index contributed by atoms with van der Waals surface area (Å²) in [6.45, 7) is 0.374. The first-order chi connectivity index (χ1) is 10.3. The fourth-order valence-corrected chi connectivity index (χ4v) is 1.90. The average Bonchev–Trinajstić information content (AvgIpc) is 3.03. The number of benzene rings is 2. The van der Waals surface area contributed by atoms with Gasteiger partial charge in [0.2, 0.25) is 0 Å². The number of para-hydroxylation sites is 1. The predicted molar refractivity (Wildman–Crippen MR) is 78.7 cm³/mol. The van der Waals surface area contributed by atoms with E-state index in [4.69, 9.17) is 9.47 Å². The van der Waals surface area contributed by atoms with Gasteiger partial charge in [0, 0.05) is 0 Å². The first-order valence-electron chi connectivity index (χ1n) is 6.58. The molecule has 0 radical (unpaired) electrons. The molecule has 5 nitrogen and oxygen atoms in total. The Morgan fingerprint density at radius 3 is 2.38 bits per heavy atom. The highest BCUT2D eigenvalue weighted by atomic mass is 16.5. The molecule has 0 N–H and O–H groups in total. The van der Waals surface area contributed by atoms with E-state index >= 15 is 0 Å². The molecule has 1 heterocycles. The molecule has 1 aromatic heterocycles. The molecule has 0 saturated heterocycles. The van der Waals surface area contributed by atoms with Crippen molar-refractivity contribution >= 4 is 0 Å². The molecule has 0 fully saturated rings. The third kappa shape index (κ3) is 3.20. The standard InChI is InChI=1S/C16H15N3O2/c1-20-15-7-9-16(10-8-15)21-12-13-11-19(18-17-13)14-5-3-2-4-6-14/h2-11H,12H2,1H3. The Kier molecular flexibility index (Phi) is 3.82. The zero-order valence-electron chi connectivity index (χ0n) is 11.6. The van der Waals surface area contributed by atoms with Crippen molar-refractivity contribution in [3.8, 4) is 17.2 Å². The summed E-state index contributed by atoms with van der Waals surface area (Å²) in [5, 5.41) is 8.20. The van der Waals surface area contributed by atoms with Crippen molar-refractivity contribution in [1.82, 2.24) is 15.0 Å². The molecule has 0 aliphatic rings. The van der Waals surface area contributed by atoms with E-state index < -0.39 is 0 Å². The Hall–Kier alpha value is -2.82. The van der Waals surface area contributed by atoms with Crippen LogP contribution in [0.15, 0.2) is 60.8 Å². The lowest BCUT2D eigenvalue weighted by molar-refractivity contribution is 0.300. The lowest BCUT2D eigenvalue weighted by atomic mass is 10.3. The van der Waals surface area contributed by atoms with E-state index in [0.29, 0.717) is 6.61 Å². The fourth-order valence-electron chi connectivity index (χ4n) is 1.90. The second-order valence-electron chi connectivity index (χ2n) is 4.45. The molecular weight excluding hydrogens is 266 g/mol. The van der Waals surface area contributed by atoms with E-state index in [2.05, 4.69) is 10.3 Å². The van der Waals surface area contributed by atoms with Crippen LogP contribution in [0.4, 0.5) is 0 Å². The van der Waals surface area contributed by atoms with Crippen molar-refractivity contribution in [1.29, 1.82) is 0 Å². The maximum atomic E-state index is 5.67. The summed E-state index contributed by atoms with van der Waals surface area (Å²) in [5.74, 6) is 1.57. The second-order valence-corrected chi connectivity index (χ2v) is 4.45. The first-order valence-corrected chi connectivity index (χ1v) is 6.58. The number of methoxy groups -OCH3 is 1. The van der Waals surface area contributed by atoms with Crippen molar-refractivity contribution < 1.29 is 9.47 Å². The minimum atomic E-state index is 0.374. The Morgan fingerprint density at radius 1 is 0.952 bits per heavy atom. The van der Waals surface area contributed by atoms with Gasteiger partial charge in [-0.15, -0.1) is 5.10 Å². The van der Waals surface area contributed by atoms with E-state index in [9.17, 15) is 0 Å². The number of nitrogens with zero attached hydrogens (tertiary/aromatic N) is 3. The number of aromatic nitrogens is 3. The van der Waals surface area contributed by atoms with Gasteiger partial charge in [-0.25, -0.2) is 4.68 Å². The second kappa shape index (κ2) is 6.09. The lowest BCUT2D eigenvalue weighted by Gasteiger charge is -2.04. The summed E-state index contributed by atoms with van der Waals surface area (Å²) in [6, 6.07) is 17.3. The molecular formula is C16H15N3O2. The van der Waals surface area contributed by atoms with Crippen molar-refractivity contribution in [3.05, 3.63) is 66.5 Å². The van der Waals surface area contributed by atoms with Crippen molar-refractivity contribution in [2.24, 2.45) is 0 Å². The SMILES string of the molecule is COc1ccc(OCc2cn(-c3ccccc3)nn2)cc1. The van der Waals surface area contributed by atoms with Gasteiger partial charge < -0.3 is 9.47 Å². The van der Waals surface area contributed by atoms with Crippen LogP contribution >= 0.6 is 0 Å². The van der Waals surface area contributed by atoms with E-state index in [-0.39, 0.29) is 0 Å². The largest absolute Gasteiger partial charge is 0.497 e. The fraction of sp³-hybridized carbons (Fsp3) is 0.125. The highest BCUT2D eigenvalue weighted by Gasteiger charge is 2.03. The van der Waals surface area contributed by atoms with Gasteiger partial charge in [-0.3, -0.25) is 0 Å². The van der Waals surface area contributed by atoms with Crippen LogP contribution in [0.2, 0.25) is 0 Å². The molecule has 0 spiro atoms. The van der Waals surface area contributed by atoms with Crippen molar-refractivity contribution in [2.45, 2.75) is 6.61 Å². The molecule has 2 aromatic carbocycles.